The first-order valence-corrected chi connectivity index (χ1v) is 3.22. The van der Waals surface area contributed by atoms with Gasteiger partial charge >= 0.3 is 0 Å². The van der Waals surface area contributed by atoms with Crippen molar-refractivity contribution in [3.05, 3.63) is 23.8 Å². The van der Waals surface area contributed by atoms with Crippen LogP contribution >= 0.6 is 0 Å². The summed E-state index contributed by atoms with van der Waals surface area (Å²) in [6.45, 7) is 1.68. The molecule has 0 aliphatic rings. The minimum atomic E-state index is -0.143. The molecule has 0 fully saturated rings. The summed E-state index contributed by atoms with van der Waals surface area (Å²) in [5, 5.41) is 8.40. The molecule has 0 bridgehead atoms. The van der Waals surface area contributed by atoms with E-state index in [0.717, 1.165) is 5.69 Å². The largest absolute Gasteiger partial charge is 0.384 e. The van der Waals surface area contributed by atoms with Crippen LogP contribution in [0.2, 0.25) is 0 Å². The van der Waals surface area contributed by atoms with Gasteiger partial charge < -0.3 is 5.11 Å². The van der Waals surface area contributed by atoms with E-state index in [4.69, 9.17) is 5.11 Å². The molecule has 0 unspecified atom stereocenters. The number of hydrogen-bond acceptors (Lipinski definition) is 3. The average molecular weight is 148 g/mol. The second kappa shape index (κ2) is 3.69. The molecule has 0 aliphatic carbocycles. The molecule has 0 spiro atoms. The number of rotatable bonds is 0. The number of aryl methyl sites for hydroxylation is 1. The molecule has 3 heteroatoms. The van der Waals surface area contributed by atoms with Crippen molar-refractivity contribution >= 4 is 0 Å². The van der Waals surface area contributed by atoms with Gasteiger partial charge in [0.05, 0.1) is 5.69 Å². The Morgan fingerprint density at radius 1 is 1.45 bits per heavy atom. The van der Waals surface area contributed by atoms with Crippen molar-refractivity contribution in [2.45, 2.75) is 6.92 Å². The zero-order chi connectivity index (χ0) is 8.10. The molecule has 0 saturated heterocycles. The van der Waals surface area contributed by atoms with E-state index in [1.807, 2.05) is 6.92 Å². The van der Waals surface area contributed by atoms with Gasteiger partial charge in [0.2, 0.25) is 0 Å². The standard InChI is InChI=1S/C8H8N2O/c1-7-8(3-2-6-11)10-5-4-9-7/h4-5,11H,6H2,1H3. The average Bonchev–Trinajstić information content (AvgIpc) is 2.03. The quantitative estimate of drug-likeness (QED) is 0.532. The van der Waals surface area contributed by atoms with Gasteiger partial charge in [0.25, 0.3) is 0 Å². The van der Waals surface area contributed by atoms with Crippen LogP contribution in [0.5, 0.6) is 0 Å². The van der Waals surface area contributed by atoms with Gasteiger partial charge in [-0.2, -0.15) is 0 Å². The summed E-state index contributed by atoms with van der Waals surface area (Å²) in [5.41, 5.74) is 1.41. The van der Waals surface area contributed by atoms with Gasteiger partial charge in [-0.1, -0.05) is 5.92 Å². The third kappa shape index (κ3) is 2.03. The van der Waals surface area contributed by atoms with E-state index in [2.05, 4.69) is 21.8 Å². The highest BCUT2D eigenvalue weighted by Crippen LogP contribution is 1.95. The van der Waals surface area contributed by atoms with Crippen LogP contribution in [-0.2, 0) is 0 Å². The number of hydrogen-bond donors (Lipinski definition) is 1. The van der Waals surface area contributed by atoms with Crippen LogP contribution in [0.3, 0.4) is 0 Å². The molecule has 0 atom stereocenters. The van der Waals surface area contributed by atoms with E-state index in [-0.39, 0.29) is 6.61 Å². The van der Waals surface area contributed by atoms with E-state index < -0.39 is 0 Å². The van der Waals surface area contributed by atoms with Gasteiger partial charge in [0, 0.05) is 12.4 Å². The molecule has 1 aromatic heterocycles. The molecule has 1 N–H and O–H groups in total. The van der Waals surface area contributed by atoms with E-state index >= 15 is 0 Å². The maximum absolute atomic E-state index is 8.40. The Bertz CT molecular complexity index is 298. The van der Waals surface area contributed by atoms with Crippen LogP contribution < -0.4 is 0 Å². The lowest BCUT2D eigenvalue weighted by atomic mass is 10.3. The van der Waals surface area contributed by atoms with Gasteiger partial charge in [-0.15, -0.1) is 0 Å². The Labute approximate surface area is 65.1 Å². The number of aliphatic hydroxyl groups excluding tert-OH is 1. The highest BCUT2D eigenvalue weighted by molar-refractivity contribution is 5.30. The Balaban J connectivity index is 2.95. The Kier molecular flexibility index (Phi) is 2.59. The molecular formula is C8H8N2O. The first kappa shape index (κ1) is 7.70. The summed E-state index contributed by atoms with van der Waals surface area (Å²) >= 11 is 0. The Morgan fingerprint density at radius 3 is 2.82 bits per heavy atom. The number of nitrogens with zero attached hydrogens (tertiary/aromatic N) is 2. The highest BCUT2D eigenvalue weighted by atomic mass is 16.2. The molecule has 3 nitrogen and oxygen atoms in total. The van der Waals surface area contributed by atoms with Gasteiger partial charge in [-0.05, 0) is 12.8 Å². The predicted octanol–water partition coefficient (Wildman–Crippen LogP) is 0.129. The summed E-state index contributed by atoms with van der Waals surface area (Å²) in [4.78, 5) is 7.95. The third-order valence-electron chi connectivity index (χ3n) is 1.17. The van der Waals surface area contributed by atoms with E-state index in [1.165, 1.54) is 0 Å². The minimum absolute atomic E-state index is 0.143. The van der Waals surface area contributed by atoms with Crippen LogP contribution in [0, 0.1) is 18.8 Å². The molecule has 1 heterocycles. The van der Waals surface area contributed by atoms with Crippen LogP contribution in [0.15, 0.2) is 12.4 Å². The van der Waals surface area contributed by atoms with Gasteiger partial charge in [0.1, 0.15) is 12.3 Å². The van der Waals surface area contributed by atoms with Gasteiger partial charge in [-0.3, -0.25) is 4.98 Å². The van der Waals surface area contributed by atoms with Crippen LogP contribution in [-0.4, -0.2) is 21.7 Å². The molecule has 0 aliphatic heterocycles. The van der Waals surface area contributed by atoms with Crippen molar-refractivity contribution in [1.82, 2.24) is 9.97 Å². The molecular weight excluding hydrogens is 140 g/mol. The fraction of sp³-hybridized carbons (Fsp3) is 0.250. The molecule has 56 valence electrons. The molecule has 0 amide bonds. The van der Waals surface area contributed by atoms with E-state index in [0.29, 0.717) is 5.69 Å². The first-order chi connectivity index (χ1) is 5.34. The summed E-state index contributed by atoms with van der Waals surface area (Å²) in [6.07, 6.45) is 3.19. The first-order valence-electron chi connectivity index (χ1n) is 3.22. The molecule has 0 aromatic carbocycles. The summed E-state index contributed by atoms with van der Waals surface area (Å²) in [5.74, 6) is 5.20. The Hall–Kier alpha value is -1.40. The van der Waals surface area contributed by atoms with Crippen molar-refractivity contribution in [3.8, 4) is 11.8 Å². The van der Waals surface area contributed by atoms with E-state index in [9.17, 15) is 0 Å². The molecule has 11 heavy (non-hydrogen) atoms. The highest BCUT2D eigenvalue weighted by Gasteiger charge is 1.92. The fourth-order valence-electron chi connectivity index (χ4n) is 0.654. The maximum atomic E-state index is 8.40. The minimum Gasteiger partial charge on any atom is -0.384 e. The SMILES string of the molecule is Cc1nccnc1C#CCO. The fourth-order valence-corrected chi connectivity index (χ4v) is 0.654. The maximum Gasteiger partial charge on any atom is 0.134 e. The lowest BCUT2D eigenvalue weighted by Gasteiger charge is -1.91. The van der Waals surface area contributed by atoms with Crippen LogP contribution in [0.1, 0.15) is 11.4 Å². The smallest absolute Gasteiger partial charge is 0.134 e. The van der Waals surface area contributed by atoms with Crippen LogP contribution in [0.4, 0.5) is 0 Å². The lowest BCUT2D eigenvalue weighted by Crippen LogP contribution is -1.90. The van der Waals surface area contributed by atoms with Gasteiger partial charge in [0.15, 0.2) is 0 Å². The van der Waals surface area contributed by atoms with Crippen molar-refractivity contribution < 1.29 is 5.11 Å². The number of aromatic nitrogens is 2. The zero-order valence-corrected chi connectivity index (χ0v) is 6.20. The molecule has 0 saturated carbocycles. The summed E-state index contributed by atoms with van der Waals surface area (Å²) in [7, 11) is 0. The predicted molar refractivity (Wildman–Crippen MR) is 40.7 cm³/mol. The number of aliphatic hydroxyl groups is 1. The van der Waals surface area contributed by atoms with Crippen molar-refractivity contribution in [2.24, 2.45) is 0 Å². The van der Waals surface area contributed by atoms with Crippen molar-refractivity contribution in [3.63, 3.8) is 0 Å². The normalized spacial score (nSPS) is 8.55. The summed E-state index contributed by atoms with van der Waals surface area (Å²) < 4.78 is 0. The zero-order valence-electron chi connectivity index (χ0n) is 6.20. The van der Waals surface area contributed by atoms with E-state index in [1.54, 1.807) is 12.4 Å². The second-order valence-electron chi connectivity index (χ2n) is 1.95. The van der Waals surface area contributed by atoms with Crippen LogP contribution in [0.25, 0.3) is 0 Å². The lowest BCUT2D eigenvalue weighted by molar-refractivity contribution is 0.350. The topological polar surface area (TPSA) is 46.0 Å². The summed E-state index contributed by atoms with van der Waals surface area (Å²) in [6, 6.07) is 0. The second-order valence-corrected chi connectivity index (χ2v) is 1.95. The van der Waals surface area contributed by atoms with Crippen molar-refractivity contribution in [1.29, 1.82) is 0 Å². The Morgan fingerprint density at radius 2 is 2.18 bits per heavy atom. The van der Waals surface area contributed by atoms with Gasteiger partial charge in [-0.25, -0.2) is 4.98 Å². The molecule has 0 radical (unpaired) electrons. The van der Waals surface area contributed by atoms with Crippen molar-refractivity contribution in [2.75, 3.05) is 6.61 Å². The molecule has 1 rings (SSSR count). The monoisotopic (exact) mass is 148 g/mol. The molecule has 1 aromatic rings. The third-order valence-corrected chi connectivity index (χ3v) is 1.17.